The van der Waals surface area contributed by atoms with Gasteiger partial charge < -0.3 is 19.5 Å². The number of nitrogens with one attached hydrogen (secondary N) is 1. The zero-order valence-electron chi connectivity index (χ0n) is 15.7. The van der Waals surface area contributed by atoms with Crippen LogP contribution in [0.4, 0.5) is 0 Å². The summed E-state index contributed by atoms with van der Waals surface area (Å²) < 4.78 is 15.9. The van der Waals surface area contributed by atoms with E-state index in [4.69, 9.17) is 25.8 Å². The van der Waals surface area contributed by atoms with Gasteiger partial charge >= 0.3 is 0 Å². The van der Waals surface area contributed by atoms with E-state index in [1.165, 1.54) is 12.8 Å². The van der Waals surface area contributed by atoms with Crippen molar-refractivity contribution in [2.75, 3.05) is 33.5 Å². The van der Waals surface area contributed by atoms with Crippen molar-refractivity contribution in [1.29, 1.82) is 0 Å². The summed E-state index contributed by atoms with van der Waals surface area (Å²) in [6.07, 6.45) is 2.36. The fourth-order valence-electron chi connectivity index (χ4n) is 3.73. The topological polar surface area (TPSA) is 60.0 Å². The first-order chi connectivity index (χ1) is 13.7. The van der Waals surface area contributed by atoms with Crippen molar-refractivity contribution in [3.63, 3.8) is 0 Å². The minimum absolute atomic E-state index is 0.113. The van der Waals surface area contributed by atoms with Crippen LogP contribution in [0.5, 0.6) is 17.2 Å². The summed E-state index contributed by atoms with van der Waals surface area (Å²) in [6.45, 7) is 2.69. The van der Waals surface area contributed by atoms with Crippen LogP contribution in [-0.4, -0.2) is 44.3 Å². The molecule has 1 fully saturated rings. The van der Waals surface area contributed by atoms with Gasteiger partial charge in [-0.1, -0.05) is 23.7 Å². The molecule has 28 heavy (non-hydrogen) atoms. The van der Waals surface area contributed by atoms with Crippen molar-refractivity contribution in [2.45, 2.75) is 18.9 Å². The molecule has 0 aliphatic carbocycles. The molecule has 0 spiro atoms. The minimum atomic E-state index is -0.182. The molecule has 0 radical (unpaired) electrons. The van der Waals surface area contributed by atoms with Gasteiger partial charge in [-0.2, -0.15) is 0 Å². The van der Waals surface area contributed by atoms with Gasteiger partial charge in [-0.3, -0.25) is 9.69 Å². The molecular weight excluding hydrogens is 380 g/mol. The summed E-state index contributed by atoms with van der Waals surface area (Å²) in [5.41, 5.74) is 1.62. The molecule has 7 heteroatoms. The van der Waals surface area contributed by atoms with E-state index in [0.717, 1.165) is 24.4 Å². The van der Waals surface area contributed by atoms with Crippen LogP contribution in [0.3, 0.4) is 0 Å². The number of rotatable bonds is 6. The van der Waals surface area contributed by atoms with Crippen LogP contribution in [-0.2, 0) is 0 Å². The van der Waals surface area contributed by atoms with Crippen LogP contribution in [0.1, 0.15) is 34.8 Å². The number of fused-ring (bicyclic) bond motifs is 1. The number of amides is 1. The lowest BCUT2D eigenvalue weighted by Gasteiger charge is -2.28. The lowest BCUT2D eigenvalue weighted by Crippen LogP contribution is -2.36. The van der Waals surface area contributed by atoms with Crippen molar-refractivity contribution >= 4 is 17.5 Å². The van der Waals surface area contributed by atoms with Crippen LogP contribution < -0.4 is 19.5 Å². The van der Waals surface area contributed by atoms with Gasteiger partial charge in [0.25, 0.3) is 5.91 Å². The summed E-state index contributed by atoms with van der Waals surface area (Å²) in [5, 5.41) is 3.44. The quantitative estimate of drug-likeness (QED) is 0.799. The van der Waals surface area contributed by atoms with E-state index in [0.29, 0.717) is 28.6 Å². The number of carbonyl (C=O) groups excluding carboxylic acids is 1. The normalized spacial score (nSPS) is 16.8. The molecule has 2 aromatic rings. The smallest absolute Gasteiger partial charge is 0.251 e. The number of hydrogen-bond acceptors (Lipinski definition) is 5. The average Bonchev–Trinajstić information content (AvgIpc) is 3.40. The number of nitrogens with zero attached hydrogens (tertiary/aromatic N) is 1. The molecule has 2 aliphatic heterocycles. The lowest BCUT2D eigenvalue weighted by molar-refractivity contribution is 0.0937. The van der Waals surface area contributed by atoms with E-state index in [-0.39, 0.29) is 18.7 Å². The van der Waals surface area contributed by atoms with Crippen LogP contribution >= 0.6 is 11.6 Å². The minimum Gasteiger partial charge on any atom is -0.497 e. The molecular formula is C21H23ClN2O4. The molecule has 0 bridgehead atoms. The third-order valence-corrected chi connectivity index (χ3v) is 5.51. The molecule has 0 saturated carbocycles. The van der Waals surface area contributed by atoms with E-state index in [1.54, 1.807) is 19.2 Å². The van der Waals surface area contributed by atoms with Crippen LogP contribution in [0.25, 0.3) is 0 Å². The Kier molecular flexibility index (Phi) is 5.59. The molecule has 1 saturated heterocycles. The molecule has 0 aromatic heterocycles. The second kappa shape index (κ2) is 8.29. The zero-order valence-corrected chi connectivity index (χ0v) is 16.5. The Balaban J connectivity index is 1.49. The van der Waals surface area contributed by atoms with Gasteiger partial charge in [0.1, 0.15) is 5.75 Å². The molecule has 148 valence electrons. The predicted octanol–water partition coefficient (Wildman–Crippen LogP) is 3.64. The van der Waals surface area contributed by atoms with Gasteiger partial charge in [0.2, 0.25) is 6.79 Å². The summed E-state index contributed by atoms with van der Waals surface area (Å²) >= 11 is 6.20. The van der Waals surface area contributed by atoms with Crippen molar-refractivity contribution in [1.82, 2.24) is 10.2 Å². The maximum atomic E-state index is 12.7. The SMILES string of the molecule is COc1ccc([C@@H](CNC(=O)c2cc(Cl)c3c(c2)OCO3)N2CCCC2)cc1. The maximum absolute atomic E-state index is 12.7. The highest BCUT2D eigenvalue weighted by Gasteiger charge is 2.25. The Bertz CT molecular complexity index is 850. The molecule has 2 aliphatic rings. The first kappa shape index (κ1) is 18.9. The third kappa shape index (κ3) is 3.88. The Morgan fingerprint density at radius 3 is 2.68 bits per heavy atom. The van der Waals surface area contributed by atoms with Gasteiger partial charge in [-0.05, 0) is 55.8 Å². The number of halogens is 1. The maximum Gasteiger partial charge on any atom is 0.251 e. The van der Waals surface area contributed by atoms with Gasteiger partial charge in [0.15, 0.2) is 11.5 Å². The van der Waals surface area contributed by atoms with Gasteiger partial charge in [0.05, 0.1) is 18.2 Å². The van der Waals surface area contributed by atoms with E-state index < -0.39 is 0 Å². The Labute approximate surface area is 169 Å². The molecule has 4 rings (SSSR count). The second-order valence-electron chi connectivity index (χ2n) is 6.93. The molecule has 1 N–H and O–H groups in total. The monoisotopic (exact) mass is 402 g/mol. The standard InChI is InChI=1S/C21H23ClN2O4/c1-26-16-6-4-14(5-7-16)18(24-8-2-3-9-24)12-23-21(25)15-10-17(22)20-19(11-15)27-13-28-20/h4-7,10-11,18H,2-3,8-9,12-13H2,1H3,(H,23,25)/t18-/m1/s1. The summed E-state index contributed by atoms with van der Waals surface area (Å²) in [4.78, 5) is 15.2. The van der Waals surface area contributed by atoms with Gasteiger partial charge in [0, 0.05) is 12.1 Å². The van der Waals surface area contributed by atoms with Crippen molar-refractivity contribution in [3.05, 3.63) is 52.5 Å². The van der Waals surface area contributed by atoms with E-state index in [1.807, 2.05) is 12.1 Å². The highest BCUT2D eigenvalue weighted by Crippen LogP contribution is 2.39. The van der Waals surface area contributed by atoms with Crippen molar-refractivity contribution < 1.29 is 19.0 Å². The van der Waals surface area contributed by atoms with Gasteiger partial charge in [-0.25, -0.2) is 0 Å². The van der Waals surface area contributed by atoms with E-state index in [9.17, 15) is 4.79 Å². The van der Waals surface area contributed by atoms with E-state index >= 15 is 0 Å². The molecule has 0 unspecified atom stereocenters. The number of hydrogen-bond donors (Lipinski definition) is 1. The number of ether oxygens (including phenoxy) is 3. The van der Waals surface area contributed by atoms with Crippen molar-refractivity contribution in [2.24, 2.45) is 0 Å². The first-order valence-corrected chi connectivity index (χ1v) is 9.79. The molecule has 2 aromatic carbocycles. The second-order valence-corrected chi connectivity index (χ2v) is 7.34. The third-order valence-electron chi connectivity index (χ3n) is 5.23. The van der Waals surface area contributed by atoms with Gasteiger partial charge in [-0.15, -0.1) is 0 Å². The highest BCUT2D eigenvalue weighted by atomic mass is 35.5. The predicted molar refractivity (Wildman–Crippen MR) is 106 cm³/mol. The Hall–Kier alpha value is -2.44. The summed E-state index contributed by atoms with van der Waals surface area (Å²) in [6, 6.07) is 11.4. The average molecular weight is 403 g/mol. The first-order valence-electron chi connectivity index (χ1n) is 9.41. The number of benzene rings is 2. The lowest BCUT2D eigenvalue weighted by atomic mass is 10.0. The largest absolute Gasteiger partial charge is 0.497 e. The van der Waals surface area contributed by atoms with Crippen LogP contribution in [0.15, 0.2) is 36.4 Å². The van der Waals surface area contributed by atoms with Crippen LogP contribution in [0, 0.1) is 0 Å². The summed E-state index contributed by atoms with van der Waals surface area (Å²) in [5.74, 6) is 1.64. The Morgan fingerprint density at radius 1 is 1.21 bits per heavy atom. The molecule has 2 heterocycles. The number of methoxy groups -OCH3 is 1. The number of carbonyl (C=O) groups is 1. The molecule has 1 atom stereocenters. The fourth-order valence-corrected chi connectivity index (χ4v) is 3.99. The van der Waals surface area contributed by atoms with Crippen LogP contribution in [0.2, 0.25) is 5.02 Å². The zero-order chi connectivity index (χ0) is 19.5. The molecule has 1 amide bonds. The highest BCUT2D eigenvalue weighted by molar-refractivity contribution is 6.32. The van der Waals surface area contributed by atoms with Crippen molar-refractivity contribution in [3.8, 4) is 17.2 Å². The molecule has 6 nitrogen and oxygen atoms in total. The van der Waals surface area contributed by atoms with E-state index in [2.05, 4.69) is 22.3 Å². The summed E-state index contributed by atoms with van der Waals surface area (Å²) in [7, 11) is 1.66. The Morgan fingerprint density at radius 2 is 1.96 bits per heavy atom. The number of likely N-dealkylation sites (tertiary alicyclic amines) is 1. The fraction of sp³-hybridized carbons (Fsp3) is 0.381.